The lowest BCUT2D eigenvalue weighted by molar-refractivity contribution is -0.142. The van der Waals surface area contributed by atoms with E-state index in [1.54, 1.807) is 25.1 Å². The maximum atomic E-state index is 13.3. The van der Waals surface area contributed by atoms with Crippen LogP contribution in [-0.4, -0.2) is 35.4 Å². The van der Waals surface area contributed by atoms with Gasteiger partial charge in [0.2, 0.25) is 5.91 Å². The van der Waals surface area contributed by atoms with E-state index >= 15 is 0 Å². The molecular weight excluding hydrogens is 539 g/mol. The van der Waals surface area contributed by atoms with Crippen LogP contribution in [0.3, 0.4) is 0 Å². The van der Waals surface area contributed by atoms with Gasteiger partial charge >= 0.3 is 0 Å². The molecule has 1 N–H and O–H groups in total. The average molecular weight is 566 g/mol. The van der Waals surface area contributed by atoms with Gasteiger partial charge in [0.1, 0.15) is 11.8 Å². The number of ether oxygens (including phenoxy) is 1. The van der Waals surface area contributed by atoms with E-state index in [0.717, 1.165) is 21.7 Å². The van der Waals surface area contributed by atoms with E-state index in [-0.39, 0.29) is 31.0 Å². The second-order valence-corrected chi connectivity index (χ2v) is 9.78. The van der Waals surface area contributed by atoms with Crippen molar-refractivity contribution >= 4 is 61.7 Å². The summed E-state index contributed by atoms with van der Waals surface area (Å²) in [5, 5.41) is 5.91. The van der Waals surface area contributed by atoms with Crippen LogP contribution in [0.15, 0.2) is 59.1 Å². The summed E-state index contributed by atoms with van der Waals surface area (Å²) in [6, 6.07) is 16.0. The molecule has 0 aliphatic rings. The normalized spacial score (nSPS) is 12.8. The van der Waals surface area contributed by atoms with E-state index in [0.29, 0.717) is 21.4 Å². The Bertz CT molecular complexity index is 1190. The molecule has 0 aliphatic heterocycles. The predicted octanol–water partition coefficient (Wildman–Crippen LogP) is 6.62. The Morgan fingerprint density at radius 3 is 2.53 bits per heavy atom. The molecule has 0 saturated heterocycles. The Morgan fingerprint density at radius 1 is 1.09 bits per heavy atom. The third-order valence-electron chi connectivity index (χ3n) is 5.70. The van der Waals surface area contributed by atoms with Crippen LogP contribution in [0.5, 0.6) is 5.75 Å². The number of fused-ring (bicyclic) bond motifs is 1. The minimum Gasteiger partial charge on any atom is -0.483 e. The minimum absolute atomic E-state index is 0.00386. The Kier molecular flexibility index (Phi) is 9.23. The van der Waals surface area contributed by atoms with Gasteiger partial charge in [-0.1, -0.05) is 66.5 Å². The topological polar surface area (TPSA) is 58.6 Å². The second-order valence-electron chi connectivity index (χ2n) is 8.14. The number of carbonyl (C=O) groups is 2. The standard InChI is InChI=1S/C26H27BrCl2N2O3/c1-4-16(2)30-26(33)17(3)31(14-19-9-11-20(28)13-22(19)29)24(32)15-34-23-12-10-18-7-5-6-8-21(18)25(23)27/h5-13,16-17H,4,14-15H2,1-3H3,(H,30,33). The summed E-state index contributed by atoms with van der Waals surface area (Å²) in [6.45, 7) is 5.52. The molecule has 0 heterocycles. The fraction of sp³-hybridized carbons (Fsp3) is 0.308. The fourth-order valence-electron chi connectivity index (χ4n) is 3.43. The van der Waals surface area contributed by atoms with Crippen molar-refractivity contribution in [3.8, 4) is 5.75 Å². The molecule has 0 radical (unpaired) electrons. The first-order valence-electron chi connectivity index (χ1n) is 11.0. The van der Waals surface area contributed by atoms with Gasteiger partial charge in [0.15, 0.2) is 6.61 Å². The highest BCUT2D eigenvalue weighted by atomic mass is 79.9. The number of amides is 2. The lowest BCUT2D eigenvalue weighted by Gasteiger charge is -2.30. The highest BCUT2D eigenvalue weighted by Crippen LogP contribution is 2.33. The van der Waals surface area contributed by atoms with Crippen molar-refractivity contribution in [3.63, 3.8) is 0 Å². The molecular formula is C26H27BrCl2N2O3. The van der Waals surface area contributed by atoms with Crippen molar-refractivity contribution in [2.75, 3.05) is 6.61 Å². The van der Waals surface area contributed by atoms with E-state index in [1.165, 1.54) is 4.90 Å². The second kappa shape index (κ2) is 11.9. The smallest absolute Gasteiger partial charge is 0.261 e. The van der Waals surface area contributed by atoms with Gasteiger partial charge in [-0.25, -0.2) is 0 Å². The summed E-state index contributed by atoms with van der Waals surface area (Å²) >= 11 is 16.0. The van der Waals surface area contributed by atoms with Crippen molar-refractivity contribution in [2.24, 2.45) is 0 Å². The van der Waals surface area contributed by atoms with Crippen molar-refractivity contribution in [2.45, 2.75) is 45.8 Å². The minimum atomic E-state index is -0.725. The third kappa shape index (κ3) is 6.44. The van der Waals surface area contributed by atoms with Crippen LogP contribution >= 0.6 is 39.1 Å². The van der Waals surface area contributed by atoms with Crippen LogP contribution in [-0.2, 0) is 16.1 Å². The number of halogens is 3. The largest absolute Gasteiger partial charge is 0.483 e. The number of nitrogens with zero attached hydrogens (tertiary/aromatic N) is 1. The molecule has 0 fully saturated rings. The van der Waals surface area contributed by atoms with Crippen molar-refractivity contribution in [1.82, 2.24) is 10.2 Å². The van der Waals surface area contributed by atoms with Gasteiger partial charge in [-0.05, 0) is 70.7 Å². The first kappa shape index (κ1) is 26.3. The number of nitrogens with one attached hydrogen (secondary N) is 1. The summed E-state index contributed by atoms with van der Waals surface area (Å²) in [4.78, 5) is 27.6. The zero-order valence-corrected chi connectivity index (χ0v) is 22.4. The third-order valence-corrected chi connectivity index (χ3v) is 7.11. The Hall–Kier alpha value is -2.28. The van der Waals surface area contributed by atoms with Gasteiger partial charge in [0.05, 0.1) is 4.47 Å². The summed E-state index contributed by atoms with van der Waals surface area (Å²) < 4.78 is 6.65. The summed E-state index contributed by atoms with van der Waals surface area (Å²) in [5.74, 6) is -0.0224. The fourth-order valence-corrected chi connectivity index (χ4v) is 4.51. The van der Waals surface area contributed by atoms with Gasteiger partial charge in [-0.3, -0.25) is 9.59 Å². The van der Waals surface area contributed by atoms with Crippen LogP contribution in [0.4, 0.5) is 0 Å². The molecule has 0 saturated carbocycles. The van der Waals surface area contributed by atoms with Gasteiger partial charge in [-0.2, -0.15) is 0 Å². The number of rotatable bonds is 9. The molecule has 8 heteroatoms. The molecule has 0 spiro atoms. The highest BCUT2D eigenvalue weighted by molar-refractivity contribution is 9.10. The Labute approximate surface area is 218 Å². The maximum Gasteiger partial charge on any atom is 0.261 e. The summed E-state index contributed by atoms with van der Waals surface area (Å²) in [7, 11) is 0. The molecule has 5 nitrogen and oxygen atoms in total. The van der Waals surface area contributed by atoms with E-state index in [1.807, 2.05) is 50.2 Å². The molecule has 0 aliphatic carbocycles. The molecule has 2 atom stereocenters. The molecule has 0 bridgehead atoms. The zero-order chi connectivity index (χ0) is 24.8. The molecule has 34 heavy (non-hydrogen) atoms. The molecule has 2 amide bonds. The SMILES string of the molecule is CCC(C)NC(=O)C(C)N(Cc1ccc(Cl)cc1Cl)C(=O)COc1ccc2ccccc2c1Br. The van der Waals surface area contributed by atoms with Crippen LogP contribution in [0.2, 0.25) is 10.0 Å². The lowest BCUT2D eigenvalue weighted by Crippen LogP contribution is -2.50. The number of benzene rings is 3. The Morgan fingerprint density at radius 2 is 1.82 bits per heavy atom. The van der Waals surface area contributed by atoms with Crippen molar-refractivity contribution in [1.29, 1.82) is 0 Å². The van der Waals surface area contributed by atoms with Crippen LogP contribution in [0, 0.1) is 0 Å². The van der Waals surface area contributed by atoms with Gasteiger partial charge < -0.3 is 15.0 Å². The predicted molar refractivity (Wildman–Crippen MR) is 142 cm³/mol. The first-order valence-corrected chi connectivity index (χ1v) is 12.6. The molecule has 2 unspecified atom stereocenters. The molecule has 3 aromatic rings. The Balaban J connectivity index is 1.82. The summed E-state index contributed by atoms with van der Waals surface area (Å²) in [5.41, 5.74) is 0.689. The highest BCUT2D eigenvalue weighted by Gasteiger charge is 2.28. The van der Waals surface area contributed by atoms with Crippen molar-refractivity contribution < 1.29 is 14.3 Å². The number of carbonyl (C=O) groups excluding carboxylic acids is 2. The maximum absolute atomic E-state index is 13.3. The number of hydrogen-bond donors (Lipinski definition) is 1. The average Bonchev–Trinajstić information content (AvgIpc) is 2.82. The van der Waals surface area contributed by atoms with Crippen LogP contribution < -0.4 is 10.1 Å². The number of hydrogen-bond acceptors (Lipinski definition) is 3. The van der Waals surface area contributed by atoms with Crippen molar-refractivity contribution in [3.05, 3.63) is 74.7 Å². The monoisotopic (exact) mass is 564 g/mol. The van der Waals surface area contributed by atoms with Crippen LogP contribution in [0.25, 0.3) is 10.8 Å². The zero-order valence-electron chi connectivity index (χ0n) is 19.3. The van der Waals surface area contributed by atoms with Gasteiger partial charge in [-0.15, -0.1) is 0 Å². The van der Waals surface area contributed by atoms with Gasteiger partial charge in [0, 0.05) is 22.6 Å². The molecule has 3 aromatic carbocycles. The molecule has 0 aromatic heterocycles. The van der Waals surface area contributed by atoms with E-state index in [9.17, 15) is 9.59 Å². The lowest BCUT2D eigenvalue weighted by atomic mass is 10.1. The molecule has 3 rings (SSSR count). The molecule has 180 valence electrons. The first-order chi connectivity index (χ1) is 16.2. The quantitative estimate of drug-likeness (QED) is 0.317. The summed E-state index contributed by atoms with van der Waals surface area (Å²) in [6.07, 6.45) is 0.786. The van der Waals surface area contributed by atoms with E-state index < -0.39 is 6.04 Å². The van der Waals surface area contributed by atoms with Crippen LogP contribution in [0.1, 0.15) is 32.8 Å². The van der Waals surface area contributed by atoms with E-state index in [2.05, 4.69) is 21.2 Å². The van der Waals surface area contributed by atoms with E-state index in [4.69, 9.17) is 27.9 Å². The van der Waals surface area contributed by atoms with Gasteiger partial charge in [0.25, 0.3) is 5.91 Å².